The molecule has 4 rings (SSSR count). The van der Waals surface area contributed by atoms with Crippen LogP contribution in [0.1, 0.15) is 62.0 Å². The molecule has 1 saturated heterocycles. The van der Waals surface area contributed by atoms with E-state index in [1.54, 1.807) is 27.7 Å². The van der Waals surface area contributed by atoms with Crippen LogP contribution >= 0.6 is 0 Å². The van der Waals surface area contributed by atoms with E-state index in [0.29, 0.717) is 36.4 Å². The second-order valence-electron chi connectivity index (χ2n) is 10.0. The third-order valence-corrected chi connectivity index (χ3v) is 6.19. The number of anilines is 1. The average molecular weight is 460 g/mol. The molecule has 1 saturated carbocycles. The van der Waals surface area contributed by atoms with E-state index in [0.717, 1.165) is 19.3 Å². The Morgan fingerprint density at radius 2 is 1.97 bits per heavy atom. The van der Waals surface area contributed by atoms with E-state index in [4.69, 9.17) is 4.74 Å². The third kappa shape index (κ3) is 4.67. The fraction of sp³-hybridized carbons (Fsp3) is 0.542. The van der Waals surface area contributed by atoms with Gasteiger partial charge < -0.3 is 24.6 Å². The molecular formula is C24H30FN3O5. The maximum Gasteiger partial charge on any atom is 0.407 e. The van der Waals surface area contributed by atoms with Crippen molar-refractivity contribution >= 4 is 28.7 Å². The molecule has 1 aliphatic carbocycles. The third-order valence-electron chi connectivity index (χ3n) is 6.19. The topological polar surface area (TPSA) is 101 Å². The normalized spacial score (nSPS) is 18.6. The predicted molar refractivity (Wildman–Crippen MR) is 123 cm³/mol. The van der Waals surface area contributed by atoms with Gasteiger partial charge in [0.15, 0.2) is 0 Å². The zero-order valence-electron chi connectivity index (χ0n) is 19.4. The molecule has 1 aliphatic heterocycles. The van der Waals surface area contributed by atoms with Crippen LogP contribution in [0.2, 0.25) is 0 Å². The summed E-state index contributed by atoms with van der Waals surface area (Å²) in [5.74, 6) is -1.71. The summed E-state index contributed by atoms with van der Waals surface area (Å²) in [5.41, 5.74) is 0.0823. The standard InChI is InChI=1S/C24H30FN3O5/c1-13-19-16(21(29)17(22(30)31)12-28(19)15-5-6-15)9-18(25)20(13)27-8-7-14(11-27)10-26-23(32)33-24(2,3)4/h9,12,14-15H,5-8,10-11H2,1-4H3,(H,26,32)(H,30,31). The van der Waals surface area contributed by atoms with Crippen molar-refractivity contribution in [2.45, 2.75) is 58.6 Å². The van der Waals surface area contributed by atoms with Crippen LogP contribution in [-0.4, -0.2) is 47.0 Å². The van der Waals surface area contributed by atoms with Crippen molar-refractivity contribution in [1.29, 1.82) is 0 Å². The Balaban J connectivity index is 1.62. The van der Waals surface area contributed by atoms with Crippen LogP contribution in [0.5, 0.6) is 0 Å². The minimum Gasteiger partial charge on any atom is -0.477 e. The number of ether oxygens (including phenoxy) is 1. The van der Waals surface area contributed by atoms with Crippen LogP contribution in [0.4, 0.5) is 14.9 Å². The minimum atomic E-state index is -1.31. The molecule has 2 aliphatic rings. The van der Waals surface area contributed by atoms with Crippen LogP contribution < -0.4 is 15.6 Å². The number of carboxylic acids is 1. The van der Waals surface area contributed by atoms with E-state index in [1.165, 1.54) is 12.3 Å². The number of carboxylic acid groups (broad SMARTS) is 1. The molecule has 1 aromatic heterocycles. The first-order valence-corrected chi connectivity index (χ1v) is 11.3. The SMILES string of the molecule is Cc1c(N2CCC(CNC(=O)OC(C)(C)C)C2)c(F)cc2c(=O)c(C(=O)O)cn(C3CC3)c12. The molecule has 33 heavy (non-hydrogen) atoms. The zero-order valence-corrected chi connectivity index (χ0v) is 19.4. The maximum absolute atomic E-state index is 15.3. The van der Waals surface area contributed by atoms with Crippen LogP contribution in [0.25, 0.3) is 10.9 Å². The Bertz CT molecular complexity index is 1180. The number of aromatic carboxylic acids is 1. The second-order valence-corrected chi connectivity index (χ2v) is 10.0. The molecule has 1 amide bonds. The van der Waals surface area contributed by atoms with Gasteiger partial charge >= 0.3 is 12.1 Å². The highest BCUT2D eigenvalue weighted by molar-refractivity contribution is 5.95. The first-order chi connectivity index (χ1) is 15.5. The van der Waals surface area contributed by atoms with Gasteiger partial charge in [-0.2, -0.15) is 0 Å². The lowest BCUT2D eigenvalue weighted by Gasteiger charge is -2.25. The van der Waals surface area contributed by atoms with Crippen LogP contribution in [0.15, 0.2) is 17.1 Å². The second kappa shape index (κ2) is 8.35. The highest BCUT2D eigenvalue weighted by atomic mass is 19.1. The number of nitrogens with one attached hydrogen (secondary N) is 1. The molecule has 2 aromatic rings. The van der Waals surface area contributed by atoms with Gasteiger partial charge in [-0.25, -0.2) is 14.0 Å². The zero-order chi connectivity index (χ0) is 24.1. The Kier molecular flexibility index (Phi) is 5.84. The lowest BCUT2D eigenvalue weighted by Crippen LogP contribution is -2.36. The van der Waals surface area contributed by atoms with Crippen molar-refractivity contribution in [2.75, 3.05) is 24.5 Å². The van der Waals surface area contributed by atoms with Crippen LogP contribution in [-0.2, 0) is 4.74 Å². The number of pyridine rings is 1. The summed E-state index contributed by atoms with van der Waals surface area (Å²) in [4.78, 5) is 38.2. The summed E-state index contributed by atoms with van der Waals surface area (Å²) in [6, 6.07) is 1.30. The quantitative estimate of drug-likeness (QED) is 0.705. The summed E-state index contributed by atoms with van der Waals surface area (Å²) in [6.07, 6.45) is 3.49. The molecule has 2 heterocycles. The summed E-state index contributed by atoms with van der Waals surface area (Å²) in [7, 11) is 0. The van der Waals surface area contributed by atoms with Gasteiger partial charge in [0.1, 0.15) is 17.0 Å². The number of aryl methyl sites for hydroxylation is 1. The molecule has 2 N–H and O–H groups in total. The van der Waals surface area contributed by atoms with E-state index in [2.05, 4.69) is 5.32 Å². The highest BCUT2D eigenvalue weighted by Gasteiger charge is 2.31. The molecule has 2 fully saturated rings. The summed E-state index contributed by atoms with van der Waals surface area (Å²) >= 11 is 0. The number of aromatic nitrogens is 1. The van der Waals surface area contributed by atoms with Gasteiger partial charge in [-0.05, 0) is 64.5 Å². The summed E-state index contributed by atoms with van der Waals surface area (Å²) in [6.45, 7) is 8.78. The van der Waals surface area contributed by atoms with Gasteiger partial charge in [-0.1, -0.05) is 0 Å². The van der Waals surface area contributed by atoms with Crippen LogP contribution in [0, 0.1) is 18.7 Å². The predicted octanol–water partition coefficient (Wildman–Crippen LogP) is 3.83. The number of carbonyl (C=O) groups is 2. The van der Waals surface area contributed by atoms with Crippen LogP contribution in [0.3, 0.4) is 0 Å². The Morgan fingerprint density at radius 1 is 1.27 bits per heavy atom. The molecule has 1 unspecified atom stereocenters. The number of hydrogen-bond acceptors (Lipinski definition) is 5. The van der Waals surface area contributed by atoms with E-state index in [9.17, 15) is 19.5 Å². The van der Waals surface area contributed by atoms with Crippen molar-refractivity contribution in [1.82, 2.24) is 9.88 Å². The van der Waals surface area contributed by atoms with E-state index in [1.807, 2.05) is 9.47 Å². The van der Waals surface area contributed by atoms with Crippen molar-refractivity contribution in [3.63, 3.8) is 0 Å². The monoisotopic (exact) mass is 459 g/mol. The first kappa shape index (κ1) is 23.1. The maximum atomic E-state index is 15.3. The first-order valence-electron chi connectivity index (χ1n) is 11.3. The van der Waals surface area contributed by atoms with Crippen molar-refractivity contribution in [3.8, 4) is 0 Å². The van der Waals surface area contributed by atoms with Gasteiger partial charge in [0.25, 0.3) is 0 Å². The van der Waals surface area contributed by atoms with E-state index in [-0.39, 0.29) is 22.9 Å². The number of fused-ring (bicyclic) bond motifs is 1. The Hall–Kier alpha value is -3.10. The average Bonchev–Trinajstić information content (AvgIpc) is 3.44. The van der Waals surface area contributed by atoms with Gasteiger partial charge in [0.05, 0.1) is 11.2 Å². The molecule has 8 nitrogen and oxygen atoms in total. The number of halogens is 1. The van der Waals surface area contributed by atoms with Crippen molar-refractivity contribution in [2.24, 2.45) is 5.92 Å². The number of rotatable bonds is 5. The number of hydrogen-bond donors (Lipinski definition) is 2. The smallest absolute Gasteiger partial charge is 0.407 e. The number of benzene rings is 1. The molecule has 0 spiro atoms. The summed E-state index contributed by atoms with van der Waals surface area (Å²) in [5, 5.41) is 12.3. The Labute approximate surface area is 191 Å². The van der Waals surface area contributed by atoms with Crippen molar-refractivity contribution in [3.05, 3.63) is 39.4 Å². The lowest BCUT2D eigenvalue weighted by molar-refractivity contribution is 0.0520. The molecule has 9 heteroatoms. The van der Waals surface area contributed by atoms with Gasteiger partial charge in [0.2, 0.25) is 5.43 Å². The lowest BCUT2D eigenvalue weighted by atomic mass is 10.0. The highest BCUT2D eigenvalue weighted by Crippen LogP contribution is 2.40. The molecule has 0 radical (unpaired) electrons. The molecule has 178 valence electrons. The fourth-order valence-corrected chi connectivity index (χ4v) is 4.60. The van der Waals surface area contributed by atoms with Crippen molar-refractivity contribution < 1.29 is 23.8 Å². The van der Waals surface area contributed by atoms with Gasteiger partial charge in [0, 0.05) is 37.3 Å². The number of amides is 1. The molecule has 0 bridgehead atoms. The van der Waals surface area contributed by atoms with Gasteiger partial charge in [-0.15, -0.1) is 0 Å². The van der Waals surface area contributed by atoms with E-state index >= 15 is 4.39 Å². The number of nitrogens with zero attached hydrogens (tertiary/aromatic N) is 2. The number of alkyl carbamates (subject to hydrolysis) is 1. The largest absolute Gasteiger partial charge is 0.477 e. The molecular weight excluding hydrogens is 429 g/mol. The molecule has 1 atom stereocenters. The van der Waals surface area contributed by atoms with E-state index < -0.39 is 28.9 Å². The molecule has 1 aromatic carbocycles. The summed E-state index contributed by atoms with van der Waals surface area (Å²) < 4.78 is 22.4. The minimum absolute atomic E-state index is 0.0999. The fourth-order valence-electron chi connectivity index (χ4n) is 4.60. The van der Waals surface area contributed by atoms with Gasteiger partial charge in [-0.3, -0.25) is 4.79 Å². The Morgan fingerprint density at radius 3 is 2.58 bits per heavy atom. The number of carbonyl (C=O) groups excluding carboxylic acids is 1.